The second kappa shape index (κ2) is 4.48. The molecule has 0 fully saturated rings. The lowest BCUT2D eigenvalue weighted by Crippen LogP contribution is -2.34. The van der Waals surface area contributed by atoms with Crippen LogP contribution in [0.5, 0.6) is 0 Å². The van der Waals surface area contributed by atoms with Crippen molar-refractivity contribution in [2.75, 3.05) is 6.54 Å². The summed E-state index contributed by atoms with van der Waals surface area (Å²) in [4.78, 5) is 8.32. The maximum absolute atomic E-state index is 9.44. The van der Waals surface area contributed by atoms with Crippen LogP contribution in [-0.2, 0) is 6.54 Å². The molecule has 0 aliphatic carbocycles. The van der Waals surface area contributed by atoms with Gasteiger partial charge in [-0.05, 0) is 20.8 Å². The fourth-order valence-electron chi connectivity index (χ4n) is 1.01. The summed E-state index contributed by atoms with van der Waals surface area (Å²) in [5.41, 5.74) is 1.12. The van der Waals surface area contributed by atoms with Gasteiger partial charge in [-0.15, -0.1) is 0 Å². The Morgan fingerprint density at radius 1 is 1.36 bits per heavy atom. The van der Waals surface area contributed by atoms with Gasteiger partial charge in [-0.2, -0.15) is 0 Å². The minimum absolute atomic E-state index is 0.544. The number of aryl methyl sites for hydroxylation is 1. The predicted octanol–water partition coefficient (Wildman–Crippen LogP) is 0.646. The van der Waals surface area contributed by atoms with Gasteiger partial charge in [0.25, 0.3) is 0 Å². The van der Waals surface area contributed by atoms with Gasteiger partial charge in [0.05, 0.1) is 17.0 Å². The molecule has 2 N–H and O–H groups in total. The molecule has 0 saturated carbocycles. The molecule has 0 saturated heterocycles. The first kappa shape index (κ1) is 11.1. The van der Waals surface area contributed by atoms with Gasteiger partial charge in [0.2, 0.25) is 0 Å². The molecular weight excluding hydrogens is 178 g/mol. The van der Waals surface area contributed by atoms with Crippen molar-refractivity contribution in [3.63, 3.8) is 0 Å². The lowest BCUT2D eigenvalue weighted by Gasteiger charge is -2.17. The van der Waals surface area contributed by atoms with Gasteiger partial charge < -0.3 is 10.4 Å². The highest BCUT2D eigenvalue weighted by molar-refractivity contribution is 5.00. The first-order chi connectivity index (χ1) is 6.47. The Morgan fingerprint density at radius 3 is 2.57 bits per heavy atom. The fraction of sp³-hybridized carbons (Fsp3) is 0.600. The average Bonchev–Trinajstić information content (AvgIpc) is 2.06. The third-order valence-corrected chi connectivity index (χ3v) is 1.70. The molecule has 78 valence electrons. The van der Waals surface area contributed by atoms with E-state index >= 15 is 0 Å². The molecule has 0 atom stereocenters. The van der Waals surface area contributed by atoms with Crippen LogP contribution in [0, 0.1) is 6.92 Å². The lowest BCUT2D eigenvalue weighted by molar-refractivity contribution is 0.0794. The van der Waals surface area contributed by atoms with Crippen LogP contribution >= 0.6 is 0 Å². The average molecular weight is 195 g/mol. The molecule has 1 heterocycles. The van der Waals surface area contributed by atoms with E-state index < -0.39 is 5.60 Å². The molecule has 0 bridgehead atoms. The standard InChI is InChI=1S/C10H17N3O/c1-8-4-13-9(6-12-8)5-11-7-10(2,3)14/h4,6,11,14H,5,7H2,1-3H3. The van der Waals surface area contributed by atoms with E-state index in [4.69, 9.17) is 0 Å². The van der Waals surface area contributed by atoms with Gasteiger partial charge in [0.1, 0.15) is 0 Å². The molecule has 0 radical (unpaired) electrons. The maximum Gasteiger partial charge on any atom is 0.0724 e. The van der Waals surface area contributed by atoms with Gasteiger partial charge in [-0.3, -0.25) is 9.97 Å². The van der Waals surface area contributed by atoms with E-state index in [0.29, 0.717) is 13.1 Å². The molecule has 4 heteroatoms. The SMILES string of the molecule is Cc1cnc(CNCC(C)(C)O)cn1. The summed E-state index contributed by atoms with van der Waals surface area (Å²) < 4.78 is 0. The molecule has 1 rings (SSSR count). The Morgan fingerprint density at radius 2 is 2.07 bits per heavy atom. The summed E-state index contributed by atoms with van der Waals surface area (Å²) in [6.07, 6.45) is 3.48. The monoisotopic (exact) mass is 195 g/mol. The summed E-state index contributed by atoms with van der Waals surface area (Å²) in [6, 6.07) is 0. The predicted molar refractivity (Wildman–Crippen MR) is 54.8 cm³/mol. The van der Waals surface area contributed by atoms with E-state index in [0.717, 1.165) is 11.4 Å². The highest BCUT2D eigenvalue weighted by Crippen LogP contribution is 1.99. The quantitative estimate of drug-likeness (QED) is 0.740. The molecule has 0 unspecified atom stereocenters. The van der Waals surface area contributed by atoms with Crippen molar-refractivity contribution in [2.24, 2.45) is 0 Å². The minimum Gasteiger partial charge on any atom is -0.389 e. The van der Waals surface area contributed by atoms with Crippen LogP contribution in [0.3, 0.4) is 0 Å². The Labute approximate surface area is 84.4 Å². The molecule has 0 aliphatic rings. The van der Waals surface area contributed by atoms with Gasteiger partial charge in [0, 0.05) is 25.5 Å². The van der Waals surface area contributed by atoms with E-state index in [-0.39, 0.29) is 0 Å². The summed E-state index contributed by atoms with van der Waals surface area (Å²) in [7, 11) is 0. The third-order valence-electron chi connectivity index (χ3n) is 1.70. The van der Waals surface area contributed by atoms with Gasteiger partial charge in [-0.25, -0.2) is 0 Å². The molecule has 0 spiro atoms. The number of nitrogens with zero attached hydrogens (tertiary/aromatic N) is 2. The van der Waals surface area contributed by atoms with Crippen molar-refractivity contribution in [1.29, 1.82) is 0 Å². The number of aliphatic hydroxyl groups is 1. The van der Waals surface area contributed by atoms with Crippen LogP contribution in [0.15, 0.2) is 12.4 Å². The Hall–Kier alpha value is -1.00. The molecule has 0 aliphatic heterocycles. The van der Waals surface area contributed by atoms with Crippen LogP contribution in [0.1, 0.15) is 25.2 Å². The molecular formula is C10H17N3O. The van der Waals surface area contributed by atoms with Crippen LogP contribution in [0.2, 0.25) is 0 Å². The zero-order chi connectivity index (χ0) is 10.6. The minimum atomic E-state index is -0.682. The lowest BCUT2D eigenvalue weighted by atomic mass is 10.1. The first-order valence-corrected chi connectivity index (χ1v) is 4.68. The zero-order valence-corrected chi connectivity index (χ0v) is 8.91. The molecule has 4 nitrogen and oxygen atoms in total. The van der Waals surface area contributed by atoms with E-state index in [9.17, 15) is 5.11 Å². The number of hydrogen-bond donors (Lipinski definition) is 2. The molecule has 1 aromatic rings. The highest BCUT2D eigenvalue weighted by atomic mass is 16.3. The third kappa shape index (κ3) is 4.30. The Bertz CT molecular complexity index is 276. The molecule has 0 amide bonds. The smallest absolute Gasteiger partial charge is 0.0724 e. The fourth-order valence-corrected chi connectivity index (χ4v) is 1.01. The van der Waals surface area contributed by atoms with Crippen molar-refractivity contribution < 1.29 is 5.11 Å². The Kier molecular flexibility index (Phi) is 3.55. The maximum atomic E-state index is 9.44. The van der Waals surface area contributed by atoms with E-state index in [1.165, 1.54) is 0 Å². The largest absolute Gasteiger partial charge is 0.389 e. The summed E-state index contributed by atoms with van der Waals surface area (Å²) in [5.74, 6) is 0. The first-order valence-electron chi connectivity index (χ1n) is 4.68. The summed E-state index contributed by atoms with van der Waals surface area (Å²) in [5, 5.41) is 12.5. The van der Waals surface area contributed by atoms with Crippen molar-refractivity contribution in [3.05, 3.63) is 23.8 Å². The zero-order valence-electron chi connectivity index (χ0n) is 8.91. The molecule has 1 aromatic heterocycles. The number of rotatable bonds is 4. The number of hydrogen-bond acceptors (Lipinski definition) is 4. The molecule has 14 heavy (non-hydrogen) atoms. The summed E-state index contributed by atoms with van der Waals surface area (Å²) in [6.45, 7) is 6.61. The topological polar surface area (TPSA) is 58.0 Å². The van der Waals surface area contributed by atoms with Crippen LogP contribution in [-0.4, -0.2) is 27.2 Å². The summed E-state index contributed by atoms with van der Waals surface area (Å²) >= 11 is 0. The van der Waals surface area contributed by atoms with Crippen molar-refractivity contribution in [2.45, 2.75) is 32.9 Å². The normalized spacial score (nSPS) is 11.7. The number of aromatic nitrogens is 2. The second-order valence-electron chi connectivity index (χ2n) is 4.07. The van der Waals surface area contributed by atoms with Gasteiger partial charge in [-0.1, -0.05) is 0 Å². The van der Waals surface area contributed by atoms with E-state index in [2.05, 4.69) is 15.3 Å². The Balaban J connectivity index is 2.35. The van der Waals surface area contributed by atoms with E-state index in [1.54, 1.807) is 26.2 Å². The van der Waals surface area contributed by atoms with Gasteiger partial charge in [0.15, 0.2) is 0 Å². The highest BCUT2D eigenvalue weighted by Gasteiger charge is 2.10. The van der Waals surface area contributed by atoms with Gasteiger partial charge >= 0.3 is 0 Å². The van der Waals surface area contributed by atoms with Crippen LogP contribution < -0.4 is 5.32 Å². The van der Waals surface area contributed by atoms with Crippen molar-refractivity contribution in [1.82, 2.24) is 15.3 Å². The van der Waals surface area contributed by atoms with E-state index in [1.807, 2.05) is 6.92 Å². The molecule has 0 aromatic carbocycles. The van der Waals surface area contributed by atoms with Crippen molar-refractivity contribution in [3.8, 4) is 0 Å². The van der Waals surface area contributed by atoms with Crippen LogP contribution in [0.25, 0.3) is 0 Å². The number of nitrogens with one attached hydrogen (secondary N) is 1. The van der Waals surface area contributed by atoms with Crippen molar-refractivity contribution >= 4 is 0 Å². The second-order valence-corrected chi connectivity index (χ2v) is 4.07. The van der Waals surface area contributed by atoms with Crippen LogP contribution in [0.4, 0.5) is 0 Å².